The first-order valence-electron chi connectivity index (χ1n) is 11.7. The van der Waals surface area contributed by atoms with Gasteiger partial charge in [-0.3, -0.25) is 14.4 Å². The van der Waals surface area contributed by atoms with Gasteiger partial charge >= 0.3 is 5.97 Å². The lowest BCUT2D eigenvalue weighted by atomic mass is 9.98. The maximum absolute atomic E-state index is 13.1. The van der Waals surface area contributed by atoms with E-state index in [0.29, 0.717) is 18.5 Å². The van der Waals surface area contributed by atoms with Crippen LogP contribution >= 0.6 is 0 Å². The summed E-state index contributed by atoms with van der Waals surface area (Å²) in [6, 6.07) is -3.81. The summed E-state index contributed by atoms with van der Waals surface area (Å²) in [5.74, 6) is -2.74. The molecule has 0 radical (unpaired) electrons. The van der Waals surface area contributed by atoms with E-state index in [9.17, 15) is 24.3 Å². The van der Waals surface area contributed by atoms with E-state index in [1.54, 1.807) is 0 Å². The fourth-order valence-corrected chi connectivity index (χ4v) is 3.34. The molecule has 11 heteroatoms. The number of nitrogens with two attached hydrogens (primary N) is 1. The summed E-state index contributed by atoms with van der Waals surface area (Å²) < 4.78 is 0. The van der Waals surface area contributed by atoms with Gasteiger partial charge < -0.3 is 31.8 Å². The van der Waals surface area contributed by atoms with Gasteiger partial charge in [-0.05, 0) is 30.6 Å². The highest BCUT2D eigenvalue weighted by Gasteiger charge is 2.31. The second-order valence-electron chi connectivity index (χ2n) is 9.83. The zero-order valence-corrected chi connectivity index (χ0v) is 20.9. The quantitative estimate of drug-likeness (QED) is 0.225. The van der Waals surface area contributed by atoms with Crippen molar-refractivity contribution in [3.8, 4) is 0 Å². The van der Waals surface area contributed by atoms with E-state index in [1.165, 1.54) is 12.5 Å². The van der Waals surface area contributed by atoms with Crippen LogP contribution in [0.3, 0.4) is 0 Å². The van der Waals surface area contributed by atoms with Crippen molar-refractivity contribution in [1.29, 1.82) is 0 Å². The SMILES string of the molecule is CC(C)CC(NC(=O)C(CC(C)C)NC(=O)C(N)C(C)C)C(=O)NC(Cc1cnc[nH]1)C(=O)O. The lowest BCUT2D eigenvalue weighted by Gasteiger charge is -2.27. The van der Waals surface area contributed by atoms with Gasteiger partial charge in [0.2, 0.25) is 17.7 Å². The van der Waals surface area contributed by atoms with E-state index < -0.39 is 47.9 Å². The summed E-state index contributed by atoms with van der Waals surface area (Å²) in [4.78, 5) is 57.0. The number of carbonyl (C=O) groups excluding carboxylic acids is 3. The van der Waals surface area contributed by atoms with Crippen LogP contribution in [0.5, 0.6) is 0 Å². The van der Waals surface area contributed by atoms with Gasteiger partial charge in [-0.25, -0.2) is 9.78 Å². The number of aromatic nitrogens is 2. The third-order valence-electron chi connectivity index (χ3n) is 5.29. The molecule has 3 amide bonds. The molecule has 0 saturated carbocycles. The molecule has 0 saturated heterocycles. The second-order valence-corrected chi connectivity index (χ2v) is 9.83. The normalized spacial score (nSPS) is 15.0. The van der Waals surface area contributed by atoms with Gasteiger partial charge in [0.1, 0.15) is 18.1 Å². The summed E-state index contributed by atoms with van der Waals surface area (Å²) >= 11 is 0. The third kappa shape index (κ3) is 9.90. The molecular weight excluding hydrogens is 440 g/mol. The smallest absolute Gasteiger partial charge is 0.326 e. The van der Waals surface area contributed by atoms with E-state index >= 15 is 0 Å². The lowest BCUT2D eigenvalue weighted by Crippen LogP contribution is -2.58. The summed E-state index contributed by atoms with van der Waals surface area (Å²) in [7, 11) is 0. The van der Waals surface area contributed by atoms with Crippen LogP contribution in [0.1, 0.15) is 60.1 Å². The lowest BCUT2D eigenvalue weighted by molar-refractivity contribution is -0.142. The van der Waals surface area contributed by atoms with Crippen LogP contribution in [0.2, 0.25) is 0 Å². The molecule has 1 aromatic heterocycles. The van der Waals surface area contributed by atoms with Crippen molar-refractivity contribution >= 4 is 23.7 Å². The first-order chi connectivity index (χ1) is 15.8. The summed E-state index contributed by atoms with van der Waals surface area (Å²) in [5, 5.41) is 17.5. The Bertz CT molecular complexity index is 809. The predicted molar refractivity (Wildman–Crippen MR) is 127 cm³/mol. The number of carbonyl (C=O) groups is 4. The standard InChI is InChI=1S/C23H40N6O5/c1-12(2)7-16(21(31)29-18(23(33)34)9-15-10-25-11-26-15)27-20(30)17(8-13(3)4)28-22(32)19(24)14(5)6/h10-14,16-19H,7-9,24H2,1-6H3,(H,25,26)(H,27,30)(H,28,32)(H,29,31)(H,33,34). The maximum atomic E-state index is 13.1. The molecule has 0 spiro atoms. The van der Waals surface area contributed by atoms with Gasteiger partial charge in [0, 0.05) is 18.3 Å². The van der Waals surface area contributed by atoms with Crippen LogP contribution in [0.15, 0.2) is 12.5 Å². The Hall–Kier alpha value is -2.95. The first kappa shape index (κ1) is 29.1. The average Bonchev–Trinajstić information content (AvgIpc) is 3.23. The van der Waals surface area contributed by atoms with Gasteiger partial charge in [0.05, 0.1) is 12.4 Å². The zero-order chi connectivity index (χ0) is 26.0. The first-order valence-corrected chi connectivity index (χ1v) is 11.7. The number of aromatic amines is 1. The van der Waals surface area contributed by atoms with Gasteiger partial charge in [0.25, 0.3) is 0 Å². The van der Waals surface area contributed by atoms with E-state index in [0.717, 1.165) is 0 Å². The van der Waals surface area contributed by atoms with E-state index in [1.807, 2.05) is 41.5 Å². The Morgan fingerprint density at radius 2 is 1.35 bits per heavy atom. The topological polar surface area (TPSA) is 179 Å². The van der Waals surface area contributed by atoms with Gasteiger partial charge in [-0.2, -0.15) is 0 Å². The number of carboxylic acids is 1. The number of nitrogens with zero attached hydrogens (tertiary/aromatic N) is 1. The average molecular weight is 481 g/mol. The van der Waals surface area contributed by atoms with Crippen LogP contribution in [0.25, 0.3) is 0 Å². The Morgan fingerprint density at radius 1 is 0.882 bits per heavy atom. The summed E-state index contributed by atoms with van der Waals surface area (Å²) in [5.41, 5.74) is 6.48. The molecule has 192 valence electrons. The fourth-order valence-electron chi connectivity index (χ4n) is 3.34. The Labute approximate surface area is 201 Å². The van der Waals surface area contributed by atoms with Crippen molar-refractivity contribution in [3.63, 3.8) is 0 Å². The molecule has 0 aliphatic rings. The summed E-state index contributed by atoms with van der Waals surface area (Å²) in [6.45, 7) is 11.2. The van der Waals surface area contributed by atoms with Crippen LogP contribution in [-0.2, 0) is 25.6 Å². The maximum Gasteiger partial charge on any atom is 0.326 e. The Balaban J connectivity index is 2.98. The van der Waals surface area contributed by atoms with Crippen molar-refractivity contribution in [2.75, 3.05) is 0 Å². The van der Waals surface area contributed by atoms with Gasteiger partial charge in [-0.1, -0.05) is 41.5 Å². The van der Waals surface area contributed by atoms with Gasteiger partial charge in [0.15, 0.2) is 0 Å². The number of hydrogen-bond acceptors (Lipinski definition) is 6. The molecule has 0 aliphatic carbocycles. The number of amides is 3. The van der Waals surface area contributed by atoms with Crippen molar-refractivity contribution in [1.82, 2.24) is 25.9 Å². The monoisotopic (exact) mass is 480 g/mol. The number of imidazole rings is 1. The second kappa shape index (κ2) is 13.7. The molecule has 1 rings (SSSR count). The van der Waals surface area contributed by atoms with Crippen molar-refractivity contribution in [2.24, 2.45) is 23.5 Å². The molecule has 34 heavy (non-hydrogen) atoms. The molecule has 0 fully saturated rings. The molecule has 7 N–H and O–H groups in total. The van der Waals surface area contributed by atoms with E-state index in [2.05, 4.69) is 25.9 Å². The van der Waals surface area contributed by atoms with Gasteiger partial charge in [-0.15, -0.1) is 0 Å². The third-order valence-corrected chi connectivity index (χ3v) is 5.29. The fraction of sp³-hybridized carbons (Fsp3) is 0.696. The summed E-state index contributed by atoms with van der Waals surface area (Å²) in [6.07, 6.45) is 3.57. The molecule has 0 aliphatic heterocycles. The molecule has 4 atom stereocenters. The van der Waals surface area contributed by atoms with E-state index in [-0.39, 0.29) is 24.2 Å². The predicted octanol–water partition coefficient (Wildman–Crippen LogP) is 0.567. The zero-order valence-electron chi connectivity index (χ0n) is 20.9. The minimum Gasteiger partial charge on any atom is -0.480 e. The largest absolute Gasteiger partial charge is 0.480 e. The molecule has 11 nitrogen and oxygen atoms in total. The van der Waals surface area contributed by atoms with Crippen molar-refractivity contribution in [2.45, 2.75) is 85.0 Å². The number of carboxylic acid groups (broad SMARTS) is 1. The minimum absolute atomic E-state index is 0.0164. The number of nitrogens with one attached hydrogen (secondary N) is 4. The molecular formula is C23H40N6O5. The highest BCUT2D eigenvalue weighted by molar-refractivity contribution is 5.94. The van der Waals surface area contributed by atoms with Crippen LogP contribution in [0, 0.1) is 17.8 Å². The Kier molecular flexibility index (Phi) is 11.7. The highest BCUT2D eigenvalue weighted by atomic mass is 16.4. The van der Waals surface area contributed by atoms with Crippen LogP contribution in [0.4, 0.5) is 0 Å². The van der Waals surface area contributed by atoms with Crippen molar-refractivity contribution in [3.05, 3.63) is 18.2 Å². The van der Waals surface area contributed by atoms with Crippen LogP contribution in [-0.4, -0.2) is 62.9 Å². The number of rotatable bonds is 14. The molecule has 0 bridgehead atoms. The Morgan fingerprint density at radius 3 is 1.74 bits per heavy atom. The molecule has 4 unspecified atom stereocenters. The number of H-pyrrole nitrogens is 1. The molecule has 1 aromatic rings. The molecule has 1 heterocycles. The number of aliphatic carboxylic acids is 1. The minimum atomic E-state index is -1.20. The van der Waals surface area contributed by atoms with Crippen LogP contribution < -0.4 is 21.7 Å². The number of hydrogen-bond donors (Lipinski definition) is 6. The van der Waals surface area contributed by atoms with Crippen molar-refractivity contribution < 1.29 is 24.3 Å². The van der Waals surface area contributed by atoms with E-state index in [4.69, 9.17) is 5.73 Å². The molecule has 0 aromatic carbocycles. The highest BCUT2D eigenvalue weighted by Crippen LogP contribution is 2.10.